The number of nitrogens with one attached hydrogen (secondary N) is 1. The highest BCUT2D eigenvalue weighted by atomic mass is 16.1. The van der Waals surface area contributed by atoms with Crippen LogP contribution in [0.4, 0.5) is 0 Å². The van der Waals surface area contributed by atoms with Crippen LogP contribution in [0, 0.1) is 0 Å². The molecule has 1 aliphatic carbocycles. The Morgan fingerprint density at radius 3 is 2.33 bits per heavy atom. The highest BCUT2D eigenvalue weighted by molar-refractivity contribution is 5.94. The molecule has 1 N–H and O–H groups in total. The third-order valence-corrected chi connectivity index (χ3v) is 3.38. The second-order valence-corrected chi connectivity index (χ2v) is 5.95. The van der Waals surface area contributed by atoms with Crippen molar-refractivity contribution in [1.29, 1.82) is 0 Å². The van der Waals surface area contributed by atoms with Crippen LogP contribution in [0.3, 0.4) is 0 Å². The fraction of sp³-hybridized carbons (Fsp3) is 0.562. The zero-order valence-corrected chi connectivity index (χ0v) is 11.8. The van der Waals surface area contributed by atoms with E-state index in [1.54, 1.807) is 0 Å². The molecule has 0 heterocycles. The fourth-order valence-electron chi connectivity index (χ4n) is 2.14. The van der Waals surface area contributed by atoms with Crippen LogP contribution >= 0.6 is 0 Å². The largest absolute Gasteiger partial charge is 0.350 e. The Balaban J connectivity index is 2.30. The lowest BCUT2D eigenvalue weighted by Gasteiger charge is -2.13. The molecule has 1 aromatic carbocycles. The monoisotopic (exact) mass is 245 g/mol. The van der Waals surface area contributed by atoms with Crippen LogP contribution in [-0.2, 0) is 0 Å². The number of carbonyl (C=O) groups excluding carboxylic acids is 1. The molecule has 0 atom stereocenters. The molecule has 98 valence electrons. The third kappa shape index (κ3) is 3.12. The smallest absolute Gasteiger partial charge is 0.251 e. The van der Waals surface area contributed by atoms with Crippen molar-refractivity contribution in [2.24, 2.45) is 0 Å². The van der Waals surface area contributed by atoms with E-state index in [0.717, 1.165) is 5.56 Å². The van der Waals surface area contributed by atoms with E-state index in [0.29, 0.717) is 11.8 Å². The first-order valence-corrected chi connectivity index (χ1v) is 6.93. The average molecular weight is 245 g/mol. The van der Waals surface area contributed by atoms with Gasteiger partial charge in [-0.1, -0.05) is 19.9 Å². The van der Waals surface area contributed by atoms with E-state index in [2.05, 4.69) is 31.3 Å². The lowest BCUT2D eigenvalue weighted by atomic mass is 9.95. The summed E-state index contributed by atoms with van der Waals surface area (Å²) in [6.45, 7) is 8.34. The van der Waals surface area contributed by atoms with Crippen LogP contribution < -0.4 is 5.32 Å². The normalized spacial score (nSPS) is 15.2. The first-order valence-electron chi connectivity index (χ1n) is 6.93. The van der Waals surface area contributed by atoms with Crippen LogP contribution in [-0.4, -0.2) is 11.9 Å². The Bertz CT molecular complexity index is 424. The molecular weight excluding hydrogens is 222 g/mol. The van der Waals surface area contributed by atoms with Gasteiger partial charge >= 0.3 is 0 Å². The van der Waals surface area contributed by atoms with Crippen LogP contribution in [0.1, 0.15) is 73.9 Å². The fourth-order valence-corrected chi connectivity index (χ4v) is 2.14. The SMILES string of the molecule is CC(C)NC(=O)c1cc(C(C)C)cc(C2CC2)c1. The third-order valence-electron chi connectivity index (χ3n) is 3.38. The molecule has 0 unspecified atom stereocenters. The quantitative estimate of drug-likeness (QED) is 0.858. The summed E-state index contributed by atoms with van der Waals surface area (Å²) in [5, 5.41) is 2.97. The molecule has 0 radical (unpaired) electrons. The summed E-state index contributed by atoms with van der Waals surface area (Å²) < 4.78 is 0. The number of hydrogen-bond donors (Lipinski definition) is 1. The number of carbonyl (C=O) groups is 1. The van der Waals surface area contributed by atoms with Gasteiger partial charge in [0.1, 0.15) is 0 Å². The molecule has 1 amide bonds. The summed E-state index contributed by atoms with van der Waals surface area (Å²) in [6.07, 6.45) is 2.54. The van der Waals surface area contributed by atoms with E-state index in [1.165, 1.54) is 24.0 Å². The van der Waals surface area contributed by atoms with Crippen LogP contribution in [0.25, 0.3) is 0 Å². The predicted octanol–water partition coefficient (Wildman–Crippen LogP) is 3.83. The van der Waals surface area contributed by atoms with Gasteiger partial charge in [0.25, 0.3) is 5.91 Å². The number of amides is 1. The molecule has 0 saturated heterocycles. The van der Waals surface area contributed by atoms with Crippen molar-refractivity contribution in [2.75, 3.05) is 0 Å². The standard InChI is InChI=1S/C16H23NO/c1-10(2)13-7-14(12-5-6-12)9-15(8-13)16(18)17-11(3)4/h7-12H,5-6H2,1-4H3,(H,17,18). The molecule has 1 fully saturated rings. The predicted molar refractivity (Wildman–Crippen MR) is 75.1 cm³/mol. The highest BCUT2D eigenvalue weighted by Crippen LogP contribution is 2.41. The van der Waals surface area contributed by atoms with E-state index in [4.69, 9.17) is 0 Å². The van der Waals surface area contributed by atoms with Crippen molar-refractivity contribution in [3.63, 3.8) is 0 Å². The number of hydrogen-bond acceptors (Lipinski definition) is 1. The van der Waals surface area contributed by atoms with Crippen molar-refractivity contribution in [3.05, 3.63) is 34.9 Å². The minimum absolute atomic E-state index is 0.0504. The van der Waals surface area contributed by atoms with Crippen molar-refractivity contribution in [2.45, 2.75) is 58.4 Å². The van der Waals surface area contributed by atoms with E-state index in [1.807, 2.05) is 19.9 Å². The minimum atomic E-state index is 0.0504. The van der Waals surface area contributed by atoms with Gasteiger partial charge in [-0.05, 0) is 61.8 Å². The van der Waals surface area contributed by atoms with Crippen molar-refractivity contribution in [1.82, 2.24) is 5.32 Å². The molecule has 18 heavy (non-hydrogen) atoms. The molecule has 2 rings (SSSR count). The molecule has 0 bridgehead atoms. The maximum Gasteiger partial charge on any atom is 0.251 e. The Kier molecular flexibility index (Phi) is 3.74. The Morgan fingerprint density at radius 2 is 1.83 bits per heavy atom. The molecule has 2 nitrogen and oxygen atoms in total. The highest BCUT2D eigenvalue weighted by Gasteiger charge is 2.25. The number of benzene rings is 1. The van der Waals surface area contributed by atoms with Gasteiger partial charge in [-0.15, -0.1) is 0 Å². The van der Waals surface area contributed by atoms with Gasteiger partial charge in [0.15, 0.2) is 0 Å². The molecule has 2 heteroatoms. The summed E-state index contributed by atoms with van der Waals surface area (Å²) >= 11 is 0. The van der Waals surface area contributed by atoms with Crippen LogP contribution in [0.2, 0.25) is 0 Å². The van der Waals surface area contributed by atoms with Crippen molar-refractivity contribution < 1.29 is 4.79 Å². The van der Waals surface area contributed by atoms with Gasteiger partial charge in [-0.3, -0.25) is 4.79 Å². The van der Waals surface area contributed by atoms with Gasteiger partial charge in [0, 0.05) is 11.6 Å². The molecule has 1 saturated carbocycles. The molecule has 0 spiro atoms. The summed E-state index contributed by atoms with van der Waals surface area (Å²) in [5.41, 5.74) is 3.43. The Hall–Kier alpha value is -1.31. The van der Waals surface area contributed by atoms with E-state index in [-0.39, 0.29) is 11.9 Å². The summed E-state index contributed by atoms with van der Waals surface area (Å²) in [7, 11) is 0. The minimum Gasteiger partial charge on any atom is -0.350 e. The van der Waals surface area contributed by atoms with Gasteiger partial charge < -0.3 is 5.32 Å². The van der Waals surface area contributed by atoms with Crippen molar-refractivity contribution >= 4 is 5.91 Å². The van der Waals surface area contributed by atoms with E-state index in [9.17, 15) is 4.79 Å². The lowest BCUT2D eigenvalue weighted by molar-refractivity contribution is 0.0943. The van der Waals surface area contributed by atoms with Gasteiger partial charge in [0.05, 0.1) is 0 Å². The zero-order valence-electron chi connectivity index (χ0n) is 11.8. The molecule has 1 aromatic rings. The summed E-state index contributed by atoms with van der Waals surface area (Å²) in [6, 6.07) is 6.56. The first-order chi connectivity index (χ1) is 8.47. The Morgan fingerprint density at radius 1 is 1.17 bits per heavy atom. The maximum absolute atomic E-state index is 12.1. The molecular formula is C16H23NO. The van der Waals surface area contributed by atoms with E-state index >= 15 is 0 Å². The first kappa shape index (κ1) is 13.1. The van der Waals surface area contributed by atoms with Gasteiger partial charge in [0.2, 0.25) is 0 Å². The van der Waals surface area contributed by atoms with Crippen LogP contribution in [0.5, 0.6) is 0 Å². The van der Waals surface area contributed by atoms with Crippen LogP contribution in [0.15, 0.2) is 18.2 Å². The maximum atomic E-state index is 12.1. The van der Waals surface area contributed by atoms with E-state index < -0.39 is 0 Å². The summed E-state index contributed by atoms with van der Waals surface area (Å²) in [5.74, 6) is 1.21. The number of rotatable bonds is 4. The second-order valence-electron chi connectivity index (χ2n) is 5.95. The Labute approximate surface area is 110 Å². The van der Waals surface area contributed by atoms with Crippen molar-refractivity contribution in [3.8, 4) is 0 Å². The van der Waals surface area contributed by atoms with Gasteiger partial charge in [-0.25, -0.2) is 0 Å². The van der Waals surface area contributed by atoms with Gasteiger partial charge in [-0.2, -0.15) is 0 Å². The zero-order chi connectivity index (χ0) is 13.3. The molecule has 1 aliphatic rings. The molecule has 0 aliphatic heterocycles. The summed E-state index contributed by atoms with van der Waals surface area (Å²) in [4.78, 5) is 12.1. The average Bonchev–Trinajstić information content (AvgIpc) is 3.11. The molecule has 0 aromatic heterocycles. The lowest BCUT2D eigenvalue weighted by Crippen LogP contribution is -2.30. The second kappa shape index (κ2) is 5.13. The topological polar surface area (TPSA) is 29.1 Å².